The molecule has 0 aliphatic heterocycles. The first-order valence-corrected chi connectivity index (χ1v) is 7.20. The number of carbonyl (C=O) groups excluding carboxylic acids is 2. The van der Waals surface area contributed by atoms with Gasteiger partial charge in [0.05, 0.1) is 17.7 Å². The maximum absolute atomic E-state index is 11.5. The summed E-state index contributed by atoms with van der Waals surface area (Å²) in [4.78, 5) is 33.1. The number of phenols is 1. The fourth-order valence-electron chi connectivity index (χ4n) is 1.79. The van der Waals surface area contributed by atoms with Crippen molar-refractivity contribution >= 4 is 23.7 Å². The minimum absolute atomic E-state index is 0.0423. The molecule has 1 aliphatic rings. The second kappa shape index (κ2) is 7.40. The second-order valence-electron chi connectivity index (χ2n) is 5.02. The molecule has 128 valence electrons. The lowest BCUT2D eigenvalue weighted by molar-refractivity contribution is -0.386. The van der Waals surface area contributed by atoms with Gasteiger partial charge in [-0.2, -0.15) is 5.10 Å². The molecule has 0 radical (unpaired) electrons. The van der Waals surface area contributed by atoms with Crippen LogP contribution in [0.1, 0.15) is 25.3 Å². The van der Waals surface area contributed by atoms with E-state index in [9.17, 15) is 24.8 Å². The molecule has 1 saturated carbocycles. The summed E-state index contributed by atoms with van der Waals surface area (Å²) >= 11 is 0. The van der Waals surface area contributed by atoms with Crippen LogP contribution in [0.5, 0.6) is 11.5 Å². The molecule has 0 spiro atoms. The van der Waals surface area contributed by atoms with Crippen molar-refractivity contribution in [1.82, 2.24) is 10.7 Å². The van der Waals surface area contributed by atoms with Crippen LogP contribution in [-0.2, 0) is 9.59 Å². The summed E-state index contributed by atoms with van der Waals surface area (Å²) in [6.45, 7) is 1.86. The Labute approximate surface area is 136 Å². The number of ether oxygens (including phenoxy) is 1. The molecule has 1 aromatic rings. The lowest BCUT2D eigenvalue weighted by Crippen LogP contribution is -2.38. The van der Waals surface area contributed by atoms with Crippen LogP contribution >= 0.6 is 0 Å². The molecule has 1 aliphatic carbocycles. The average molecular weight is 336 g/mol. The quantitative estimate of drug-likeness (QED) is 0.297. The largest absolute Gasteiger partial charge is 0.500 e. The lowest BCUT2D eigenvalue weighted by Gasteiger charge is -2.07. The second-order valence-corrected chi connectivity index (χ2v) is 5.02. The van der Waals surface area contributed by atoms with E-state index in [0.29, 0.717) is 0 Å². The number of rotatable bonds is 6. The number of nitro benzene ring substituents is 1. The van der Waals surface area contributed by atoms with E-state index in [2.05, 4.69) is 10.4 Å². The number of hydrogen-bond acceptors (Lipinski definition) is 7. The van der Waals surface area contributed by atoms with Crippen LogP contribution in [0.3, 0.4) is 0 Å². The van der Waals surface area contributed by atoms with Crippen LogP contribution < -0.4 is 15.5 Å². The maximum Gasteiger partial charge on any atom is 0.329 e. The minimum Gasteiger partial charge on any atom is -0.500 e. The zero-order valence-electron chi connectivity index (χ0n) is 12.8. The molecule has 1 fully saturated rings. The van der Waals surface area contributed by atoms with E-state index in [-0.39, 0.29) is 24.0 Å². The normalized spacial score (nSPS) is 13.5. The number of hydrogen-bond donors (Lipinski definition) is 3. The summed E-state index contributed by atoms with van der Waals surface area (Å²) in [5, 5.41) is 26.8. The first-order valence-electron chi connectivity index (χ1n) is 7.20. The lowest BCUT2D eigenvalue weighted by atomic mass is 10.2. The van der Waals surface area contributed by atoms with Crippen molar-refractivity contribution in [2.75, 3.05) is 6.61 Å². The van der Waals surface area contributed by atoms with Gasteiger partial charge in [0, 0.05) is 17.7 Å². The summed E-state index contributed by atoms with van der Waals surface area (Å²) < 4.78 is 5.12. The number of hydrazone groups is 1. The van der Waals surface area contributed by atoms with Gasteiger partial charge in [-0.15, -0.1) is 0 Å². The summed E-state index contributed by atoms with van der Waals surface area (Å²) in [6, 6.07) is 2.43. The van der Waals surface area contributed by atoms with Gasteiger partial charge in [-0.3, -0.25) is 19.7 Å². The van der Waals surface area contributed by atoms with E-state index in [1.54, 1.807) is 6.92 Å². The first kappa shape index (κ1) is 17.2. The Kier molecular flexibility index (Phi) is 5.30. The number of carbonyl (C=O) groups is 2. The molecular formula is C14H16N4O6. The predicted octanol–water partition coefficient (Wildman–Crippen LogP) is 0.428. The maximum atomic E-state index is 11.5. The average Bonchev–Trinajstić information content (AvgIpc) is 3.33. The predicted molar refractivity (Wildman–Crippen MR) is 82.8 cm³/mol. The monoisotopic (exact) mass is 336 g/mol. The highest BCUT2D eigenvalue weighted by Crippen LogP contribution is 2.36. The Morgan fingerprint density at radius 3 is 2.75 bits per heavy atom. The van der Waals surface area contributed by atoms with Gasteiger partial charge in [0.25, 0.3) is 0 Å². The van der Waals surface area contributed by atoms with Crippen LogP contribution in [0.25, 0.3) is 0 Å². The van der Waals surface area contributed by atoms with E-state index in [4.69, 9.17) is 4.74 Å². The third-order valence-corrected chi connectivity index (χ3v) is 3.07. The van der Waals surface area contributed by atoms with Crippen LogP contribution in [0.4, 0.5) is 5.69 Å². The van der Waals surface area contributed by atoms with E-state index in [0.717, 1.165) is 25.1 Å². The number of amides is 2. The standard InChI is InChI=1S/C14H16N4O6/c1-2-24-11-6-8(5-10(12(11)19)18(22)23)7-15-17-14(21)13(20)16-9-3-4-9/h5-7,9,19H,2-4H2,1H3,(H,16,20)(H,17,21)/b15-7+. The summed E-state index contributed by atoms with van der Waals surface area (Å²) in [5.41, 5.74) is 1.68. The van der Waals surface area contributed by atoms with E-state index in [1.807, 2.05) is 5.43 Å². The Morgan fingerprint density at radius 1 is 1.46 bits per heavy atom. The van der Waals surface area contributed by atoms with Crippen molar-refractivity contribution in [2.24, 2.45) is 5.10 Å². The molecule has 0 aromatic heterocycles. The van der Waals surface area contributed by atoms with Gasteiger partial charge in [-0.1, -0.05) is 0 Å². The zero-order chi connectivity index (χ0) is 17.7. The van der Waals surface area contributed by atoms with E-state index < -0.39 is 28.2 Å². The van der Waals surface area contributed by atoms with Crippen molar-refractivity contribution < 1.29 is 24.4 Å². The van der Waals surface area contributed by atoms with Crippen molar-refractivity contribution in [2.45, 2.75) is 25.8 Å². The van der Waals surface area contributed by atoms with Gasteiger partial charge in [-0.05, 0) is 25.8 Å². The molecule has 0 saturated heterocycles. The molecule has 0 unspecified atom stereocenters. The molecule has 0 bridgehead atoms. The van der Waals surface area contributed by atoms with Crippen LogP contribution in [0, 0.1) is 10.1 Å². The van der Waals surface area contributed by atoms with Crippen molar-refractivity contribution in [3.05, 3.63) is 27.8 Å². The third kappa shape index (κ3) is 4.41. The van der Waals surface area contributed by atoms with Crippen LogP contribution in [0.2, 0.25) is 0 Å². The van der Waals surface area contributed by atoms with Gasteiger partial charge in [0.15, 0.2) is 5.75 Å². The molecule has 2 amide bonds. The van der Waals surface area contributed by atoms with Gasteiger partial charge in [0.1, 0.15) is 0 Å². The Bertz CT molecular complexity index is 699. The molecular weight excluding hydrogens is 320 g/mol. The molecule has 2 rings (SSSR count). The highest BCUT2D eigenvalue weighted by Gasteiger charge is 2.26. The number of nitrogens with zero attached hydrogens (tertiary/aromatic N) is 2. The Balaban J connectivity index is 2.08. The smallest absolute Gasteiger partial charge is 0.329 e. The molecule has 3 N–H and O–H groups in total. The Morgan fingerprint density at radius 2 is 2.17 bits per heavy atom. The molecule has 10 heteroatoms. The Hall–Kier alpha value is -3.17. The first-order chi connectivity index (χ1) is 11.4. The van der Waals surface area contributed by atoms with Crippen molar-refractivity contribution in [3.63, 3.8) is 0 Å². The molecule has 0 heterocycles. The van der Waals surface area contributed by atoms with Gasteiger partial charge >= 0.3 is 17.5 Å². The number of aromatic hydroxyl groups is 1. The highest BCUT2D eigenvalue weighted by molar-refractivity contribution is 6.35. The summed E-state index contributed by atoms with van der Waals surface area (Å²) in [5.74, 6) is -2.39. The topological polar surface area (TPSA) is 143 Å². The van der Waals surface area contributed by atoms with E-state index >= 15 is 0 Å². The minimum atomic E-state index is -0.934. The fourth-order valence-corrected chi connectivity index (χ4v) is 1.79. The van der Waals surface area contributed by atoms with Crippen molar-refractivity contribution in [3.8, 4) is 11.5 Å². The molecule has 24 heavy (non-hydrogen) atoms. The number of nitrogens with one attached hydrogen (secondary N) is 2. The van der Waals surface area contributed by atoms with Crippen LogP contribution in [0.15, 0.2) is 17.2 Å². The third-order valence-electron chi connectivity index (χ3n) is 3.07. The zero-order valence-corrected chi connectivity index (χ0v) is 12.8. The molecule has 1 aromatic carbocycles. The number of benzene rings is 1. The van der Waals surface area contributed by atoms with E-state index in [1.165, 1.54) is 6.07 Å². The molecule has 10 nitrogen and oxygen atoms in total. The van der Waals surface area contributed by atoms with Gasteiger partial charge in [-0.25, -0.2) is 5.43 Å². The summed E-state index contributed by atoms with van der Waals surface area (Å²) in [6.07, 6.45) is 2.80. The van der Waals surface area contributed by atoms with Gasteiger partial charge in [0.2, 0.25) is 5.75 Å². The number of phenolic OH excluding ortho intramolecular Hbond substituents is 1. The number of nitro groups is 1. The SMILES string of the molecule is CCOc1cc(/C=N/NC(=O)C(=O)NC2CC2)cc([N+](=O)[O-])c1O. The van der Waals surface area contributed by atoms with Crippen LogP contribution in [-0.4, -0.2) is 40.7 Å². The summed E-state index contributed by atoms with van der Waals surface area (Å²) in [7, 11) is 0. The molecule has 0 atom stereocenters. The highest BCUT2D eigenvalue weighted by atomic mass is 16.6. The van der Waals surface area contributed by atoms with Gasteiger partial charge < -0.3 is 15.2 Å². The van der Waals surface area contributed by atoms with Crippen molar-refractivity contribution in [1.29, 1.82) is 0 Å². The fraction of sp³-hybridized carbons (Fsp3) is 0.357.